The summed E-state index contributed by atoms with van der Waals surface area (Å²) in [7, 11) is 0. The topological polar surface area (TPSA) is 21.3 Å². The summed E-state index contributed by atoms with van der Waals surface area (Å²) in [5.41, 5.74) is 0. The van der Waals surface area contributed by atoms with E-state index in [9.17, 15) is 13.2 Å². The zero-order chi connectivity index (χ0) is 12.5. The van der Waals surface area contributed by atoms with Crippen molar-refractivity contribution in [2.45, 2.75) is 75.9 Å². The van der Waals surface area contributed by atoms with Gasteiger partial charge in [0, 0.05) is 18.5 Å². The highest BCUT2D eigenvalue weighted by Crippen LogP contribution is 2.34. The normalized spacial score (nSPS) is 34.2. The molecule has 100 valence electrons. The Bertz CT molecular complexity index is 257. The molecule has 2 aliphatic heterocycles. The van der Waals surface area contributed by atoms with Gasteiger partial charge in [-0.05, 0) is 39.0 Å². The molecule has 5 heteroatoms. The Morgan fingerprint density at radius 1 is 1.35 bits per heavy atom. The standard InChI is InChI=1S/C12H20F3NO/c1-8(3-2-6-12(13,14)15)16-10-7-9-4-5-11(10)17-9/h8-11,16H,2-7H2,1H3. The van der Waals surface area contributed by atoms with Crippen molar-refractivity contribution in [1.29, 1.82) is 0 Å². The van der Waals surface area contributed by atoms with Crippen LogP contribution in [0.2, 0.25) is 0 Å². The molecule has 2 heterocycles. The van der Waals surface area contributed by atoms with E-state index in [-0.39, 0.29) is 12.5 Å². The van der Waals surface area contributed by atoms with Crippen LogP contribution >= 0.6 is 0 Å². The summed E-state index contributed by atoms with van der Waals surface area (Å²) in [5.74, 6) is 0. The van der Waals surface area contributed by atoms with Crippen molar-refractivity contribution in [3.8, 4) is 0 Å². The molecule has 0 saturated carbocycles. The maximum absolute atomic E-state index is 12.0. The highest BCUT2D eigenvalue weighted by atomic mass is 19.4. The number of hydrogen-bond acceptors (Lipinski definition) is 2. The van der Waals surface area contributed by atoms with Gasteiger partial charge in [-0.1, -0.05) is 0 Å². The van der Waals surface area contributed by atoms with E-state index in [0.29, 0.717) is 24.7 Å². The van der Waals surface area contributed by atoms with Crippen molar-refractivity contribution < 1.29 is 17.9 Å². The second kappa shape index (κ2) is 5.14. The third-order valence-electron chi connectivity index (χ3n) is 3.70. The van der Waals surface area contributed by atoms with E-state index >= 15 is 0 Å². The predicted octanol–water partition coefficient (Wildman–Crippen LogP) is 3.02. The molecule has 0 aliphatic carbocycles. The van der Waals surface area contributed by atoms with Gasteiger partial charge < -0.3 is 10.1 Å². The van der Waals surface area contributed by atoms with Crippen LogP contribution in [-0.2, 0) is 4.74 Å². The van der Waals surface area contributed by atoms with Gasteiger partial charge in [0.1, 0.15) is 0 Å². The van der Waals surface area contributed by atoms with Crippen molar-refractivity contribution in [2.24, 2.45) is 0 Å². The minimum Gasteiger partial charge on any atom is -0.373 e. The summed E-state index contributed by atoms with van der Waals surface area (Å²) in [4.78, 5) is 0. The van der Waals surface area contributed by atoms with Crippen molar-refractivity contribution in [3.05, 3.63) is 0 Å². The SMILES string of the molecule is CC(CCCC(F)(F)F)NC1CC2CCC1O2. The highest BCUT2D eigenvalue weighted by molar-refractivity contribution is 4.94. The van der Waals surface area contributed by atoms with Gasteiger partial charge in [-0.2, -0.15) is 13.2 Å². The van der Waals surface area contributed by atoms with Gasteiger partial charge in [-0.25, -0.2) is 0 Å². The largest absolute Gasteiger partial charge is 0.389 e. The fourth-order valence-corrected chi connectivity index (χ4v) is 2.87. The van der Waals surface area contributed by atoms with Crippen LogP contribution in [0.5, 0.6) is 0 Å². The summed E-state index contributed by atoms with van der Waals surface area (Å²) < 4.78 is 41.7. The monoisotopic (exact) mass is 251 g/mol. The van der Waals surface area contributed by atoms with Crippen LogP contribution in [-0.4, -0.2) is 30.5 Å². The maximum Gasteiger partial charge on any atom is 0.389 e. The summed E-state index contributed by atoms with van der Waals surface area (Å²) in [5, 5.41) is 3.40. The molecule has 2 fully saturated rings. The van der Waals surface area contributed by atoms with Crippen molar-refractivity contribution in [2.75, 3.05) is 0 Å². The summed E-state index contributed by atoms with van der Waals surface area (Å²) in [6.45, 7) is 1.96. The van der Waals surface area contributed by atoms with Gasteiger partial charge in [0.15, 0.2) is 0 Å². The predicted molar refractivity (Wildman–Crippen MR) is 58.8 cm³/mol. The first-order valence-corrected chi connectivity index (χ1v) is 6.42. The minimum atomic E-state index is -4.02. The number of halogens is 3. The average Bonchev–Trinajstić information content (AvgIpc) is 2.76. The van der Waals surface area contributed by atoms with Crippen LogP contribution in [0.3, 0.4) is 0 Å². The molecule has 1 N–H and O–H groups in total. The maximum atomic E-state index is 12.0. The van der Waals surface area contributed by atoms with Crippen LogP contribution in [0, 0.1) is 0 Å². The molecule has 17 heavy (non-hydrogen) atoms. The van der Waals surface area contributed by atoms with E-state index in [4.69, 9.17) is 4.74 Å². The lowest BCUT2D eigenvalue weighted by atomic mass is 9.94. The Kier molecular flexibility index (Phi) is 3.98. The first-order chi connectivity index (χ1) is 7.94. The van der Waals surface area contributed by atoms with E-state index in [2.05, 4.69) is 5.32 Å². The molecule has 2 bridgehead atoms. The molecule has 0 aromatic heterocycles. The molecule has 0 aromatic carbocycles. The third-order valence-corrected chi connectivity index (χ3v) is 3.70. The molecule has 2 saturated heterocycles. The lowest BCUT2D eigenvalue weighted by molar-refractivity contribution is -0.135. The smallest absolute Gasteiger partial charge is 0.373 e. The summed E-state index contributed by atoms with van der Waals surface area (Å²) in [6.07, 6.45) is 0.0377. The van der Waals surface area contributed by atoms with Crippen LogP contribution in [0.15, 0.2) is 0 Å². The fraction of sp³-hybridized carbons (Fsp3) is 1.00. The highest BCUT2D eigenvalue weighted by Gasteiger charge is 2.40. The lowest BCUT2D eigenvalue weighted by Gasteiger charge is -2.24. The molecule has 0 radical (unpaired) electrons. The Balaban J connectivity index is 1.63. The first kappa shape index (κ1) is 13.1. The Hall–Kier alpha value is -0.290. The van der Waals surface area contributed by atoms with Crippen LogP contribution in [0.1, 0.15) is 45.4 Å². The molecule has 2 aliphatic rings. The van der Waals surface area contributed by atoms with Gasteiger partial charge in [-0.15, -0.1) is 0 Å². The van der Waals surface area contributed by atoms with Gasteiger partial charge in [0.25, 0.3) is 0 Å². The van der Waals surface area contributed by atoms with Gasteiger partial charge >= 0.3 is 6.18 Å². The van der Waals surface area contributed by atoms with Gasteiger partial charge in [0.2, 0.25) is 0 Å². The zero-order valence-corrected chi connectivity index (χ0v) is 10.1. The molecular formula is C12H20F3NO. The molecule has 4 atom stereocenters. The Morgan fingerprint density at radius 3 is 2.65 bits per heavy atom. The van der Waals surface area contributed by atoms with E-state index in [0.717, 1.165) is 19.3 Å². The minimum absolute atomic E-state index is 0.144. The number of alkyl halides is 3. The van der Waals surface area contributed by atoms with Crippen LogP contribution in [0.4, 0.5) is 13.2 Å². The van der Waals surface area contributed by atoms with E-state index in [1.54, 1.807) is 0 Å². The fourth-order valence-electron chi connectivity index (χ4n) is 2.87. The Morgan fingerprint density at radius 2 is 2.12 bits per heavy atom. The number of hydrogen-bond donors (Lipinski definition) is 1. The molecule has 2 nitrogen and oxygen atoms in total. The lowest BCUT2D eigenvalue weighted by Crippen LogP contribution is -2.42. The third kappa shape index (κ3) is 3.85. The number of fused-ring (bicyclic) bond motifs is 2. The van der Waals surface area contributed by atoms with Crippen molar-refractivity contribution >= 4 is 0 Å². The average molecular weight is 251 g/mol. The number of rotatable bonds is 5. The quantitative estimate of drug-likeness (QED) is 0.811. The molecule has 4 unspecified atom stereocenters. The molecular weight excluding hydrogens is 231 g/mol. The summed E-state index contributed by atoms with van der Waals surface area (Å²) in [6, 6.07) is 0.500. The van der Waals surface area contributed by atoms with E-state index in [1.807, 2.05) is 6.92 Å². The molecule has 2 rings (SSSR count). The molecule has 0 spiro atoms. The second-order valence-electron chi connectivity index (χ2n) is 5.29. The van der Waals surface area contributed by atoms with Crippen LogP contribution < -0.4 is 5.32 Å². The van der Waals surface area contributed by atoms with Gasteiger partial charge in [0.05, 0.1) is 12.2 Å². The molecule has 0 aromatic rings. The Labute approximate surface area is 99.9 Å². The van der Waals surface area contributed by atoms with Crippen LogP contribution in [0.25, 0.3) is 0 Å². The van der Waals surface area contributed by atoms with Crippen molar-refractivity contribution in [3.63, 3.8) is 0 Å². The number of nitrogens with one attached hydrogen (secondary N) is 1. The van der Waals surface area contributed by atoms with E-state index < -0.39 is 12.6 Å². The van der Waals surface area contributed by atoms with Gasteiger partial charge in [-0.3, -0.25) is 0 Å². The first-order valence-electron chi connectivity index (χ1n) is 6.42. The number of ether oxygens (including phenoxy) is 1. The second-order valence-corrected chi connectivity index (χ2v) is 5.29. The van der Waals surface area contributed by atoms with Crippen molar-refractivity contribution in [1.82, 2.24) is 5.32 Å². The zero-order valence-electron chi connectivity index (χ0n) is 10.1. The van der Waals surface area contributed by atoms with E-state index in [1.165, 1.54) is 0 Å². The summed E-state index contributed by atoms with van der Waals surface area (Å²) >= 11 is 0. The molecule has 0 amide bonds.